The van der Waals surface area contributed by atoms with Crippen molar-refractivity contribution in [3.8, 4) is 0 Å². The van der Waals surface area contributed by atoms with Crippen molar-refractivity contribution in [2.45, 2.75) is 37.6 Å². The zero-order chi connectivity index (χ0) is 26.8. The van der Waals surface area contributed by atoms with Gasteiger partial charge in [0.05, 0.1) is 27.9 Å². The average molecular weight is 544 g/mol. The average Bonchev–Trinajstić information content (AvgIpc) is 3.45. The fourth-order valence-electron chi connectivity index (χ4n) is 5.28. The largest absolute Gasteiger partial charge is 0.477 e. The van der Waals surface area contributed by atoms with Crippen molar-refractivity contribution in [1.29, 1.82) is 0 Å². The van der Waals surface area contributed by atoms with Crippen LogP contribution in [0, 0.1) is 22.0 Å². The van der Waals surface area contributed by atoms with Crippen LogP contribution >= 0.6 is 23.1 Å². The number of carboxylic acids is 1. The molecule has 4 heterocycles. The van der Waals surface area contributed by atoms with Crippen LogP contribution in [0.15, 0.2) is 47.5 Å². The molecule has 0 saturated carbocycles. The number of hydrogen-bond acceptors (Lipinski definition) is 8. The highest BCUT2D eigenvalue weighted by molar-refractivity contribution is 7.98. The Morgan fingerprint density at radius 3 is 2.54 bits per heavy atom. The van der Waals surface area contributed by atoms with Crippen molar-refractivity contribution < 1.29 is 34.1 Å². The third kappa shape index (κ3) is 3.85. The Morgan fingerprint density at radius 2 is 1.97 bits per heavy atom. The summed E-state index contributed by atoms with van der Waals surface area (Å²) in [6, 6.07) is 5.06. The predicted molar refractivity (Wildman–Crippen MR) is 134 cm³/mol. The fourth-order valence-corrected chi connectivity index (χ4v) is 7.46. The van der Waals surface area contributed by atoms with Crippen molar-refractivity contribution in [1.82, 2.24) is 9.30 Å². The predicted octanol–water partition coefficient (Wildman–Crippen LogP) is 2.45. The van der Waals surface area contributed by atoms with E-state index in [0.29, 0.717) is 16.0 Å². The van der Waals surface area contributed by atoms with E-state index in [9.17, 15) is 34.7 Å². The van der Waals surface area contributed by atoms with Gasteiger partial charge in [0.1, 0.15) is 11.9 Å². The van der Waals surface area contributed by atoms with Crippen molar-refractivity contribution in [3.63, 3.8) is 0 Å². The number of ketones is 1. The summed E-state index contributed by atoms with van der Waals surface area (Å²) in [4.78, 5) is 50.9. The lowest BCUT2D eigenvalue weighted by atomic mass is 9.77. The van der Waals surface area contributed by atoms with Crippen molar-refractivity contribution in [2.75, 3.05) is 6.26 Å². The van der Waals surface area contributed by atoms with Crippen LogP contribution in [0.4, 0.5) is 5.69 Å². The number of amides is 1. The lowest BCUT2D eigenvalue weighted by Gasteiger charge is -2.46. The third-order valence-electron chi connectivity index (χ3n) is 6.95. The first-order chi connectivity index (χ1) is 17.5. The van der Waals surface area contributed by atoms with E-state index in [1.807, 2.05) is 17.6 Å². The number of hydrogen-bond donors (Lipinski definition) is 2. The van der Waals surface area contributed by atoms with Gasteiger partial charge < -0.3 is 15.1 Å². The molecule has 2 N–H and O–H groups in total. The third-order valence-corrected chi connectivity index (χ3v) is 9.04. The van der Waals surface area contributed by atoms with Gasteiger partial charge in [0.2, 0.25) is 21.5 Å². The van der Waals surface area contributed by atoms with Gasteiger partial charge in [-0.25, -0.2) is 9.36 Å². The molecule has 1 saturated heterocycles. The molecule has 2 aliphatic heterocycles. The number of Topliss-reactive ketones (excluding diaryl/α,β-unsaturated/α-hetero) is 1. The summed E-state index contributed by atoms with van der Waals surface area (Å²) in [6.07, 6.45) is 4.55. The topological polar surface area (TPSA) is 146 Å². The molecule has 0 unspecified atom stereocenters. The zero-order valence-corrected chi connectivity index (χ0v) is 21.7. The molecule has 1 aromatic carbocycles. The zero-order valence-electron chi connectivity index (χ0n) is 20.0. The summed E-state index contributed by atoms with van der Waals surface area (Å²) in [7, 11) is 0. The van der Waals surface area contributed by atoms with Crippen LogP contribution in [0.1, 0.15) is 29.1 Å². The number of imidazole rings is 1. The number of aliphatic carboxylic acids is 1. The van der Waals surface area contributed by atoms with Crippen LogP contribution in [0.5, 0.6) is 0 Å². The summed E-state index contributed by atoms with van der Waals surface area (Å²) < 4.78 is 3.62. The quantitative estimate of drug-likeness (QED) is 0.110. The Kier molecular flexibility index (Phi) is 6.16. The lowest BCUT2D eigenvalue weighted by Crippen LogP contribution is -2.63. The number of nitrogens with zero attached hydrogens (tertiary/aromatic N) is 4. The van der Waals surface area contributed by atoms with E-state index in [-0.39, 0.29) is 35.5 Å². The van der Waals surface area contributed by atoms with Gasteiger partial charge in [0.25, 0.3) is 12.0 Å². The Morgan fingerprint density at radius 1 is 1.30 bits per heavy atom. The van der Waals surface area contributed by atoms with E-state index >= 15 is 0 Å². The molecular weight excluding hydrogens is 520 g/mol. The van der Waals surface area contributed by atoms with Crippen LogP contribution in [-0.2, 0) is 16.1 Å². The van der Waals surface area contributed by atoms with Gasteiger partial charge in [0, 0.05) is 29.2 Å². The van der Waals surface area contributed by atoms with E-state index < -0.39 is 29.0 Å². The number of fused-ring (bicyclic) bond motifs is 2. The second-order valence-electron chi connectivity index (χ2n) is 9.11. The van der Waals surface area contributed by atoms with Gasteiger partial charge in [-0.2, -0.15) is 4.40 Å². The van der Waals surface area contributed by atoms with Crippen molar-refractivity contribution in [2.24, 2.45) is 11.8 Å². The molecule has 2 aliphatic rings. The summed E-state index contributed by atoms with van der Waals surface area (Å²) >= 11 is 2.81. The molecule has 192 valence electrons. The fraction of sp³-hybridized carbons (Fsp3) is 0.333. The van der Waals surface area contributed by atoms with Gasteiger partial charge >= 0.3 is 5.97 Å². The molecule has 37 heavy (non-hydrogen) atoms. The number of thiazole rings is 1. The first-order valence-corrected chi connectivity index (χ1v) is 13.4. The number of thioether (sulfide) groups is 1. The van der Waals surface area contributed by atoms with E-state index in [0.717, 1.165) is 9.86 Å². The molecular formula is C24H23N4O7S2+. The number of rotatable bonds is 8. The molecule has 13 heteroatoms. The molecule has 3 aromatic rings. The molecule has 1 fully saturated rings. The number of aromatic nitrogens is 2. The molecule has 1 amide bonds. The molecule has 0 radical (unpaired) electrons. The standard InChI is InChI=1S/C24H22N4O7S2/c1-11-17(20(24(32)33)27-19(11)18(12(2)29)21(27)31)16-9-26-10-25(22(36-3)23(26)37-16)8-15(30)13-4-6-14(7-5-13)28(34)35/h4-7,9-12,18-19,29H,8H2,1-3H3/p+1/t11-,12+,18+,19+/m0/s1. The molecule has 0 spiro atoms. The molecule has 0 bridgehead atoms. The van der Waals surface area contributed by atoms with E-state index in [2.05, 4.69) is 0 Å². The van der Waals surface area contributed by atoms with Crippen molar-refractivity contribution in [3.05, 3.63) is 63.0 Å². The number of nitro groups is 1. The first kappa shape index (κ1) is 25.1. The highest BCUT2D eigenvalue weighted by atomic mass is 32.2. The number of β-lactam (4-membered cyclic amide) rings is 1. The van der Waals surface area contributed by atoms with Gasteiger partial charge in [-0.05, 0) is 25.3 Å². The Labute approximate surface area is 218 Å². The number of benzene rings is 1. The van der Waals surface area contributed by atoms with Gasteiger partial charge in [-0.15, -0.1) is 0 Å². The van der Waals surface area contributed by atoms with Gasteiger partial charge in [-0.3, -0.25) is 19.7 Å². The van der Waals surface area contributed by atoms with Gasteiger partial charge in [-0.1, -0.05) is 30.0 Å². The van der Waals surface area contributed by atoms with Crippen LogP contribution in [0.3, 0.4) is 0 Å². The molecule has 11 nitrogen and oxygen atoms in total. The number of carboxylic acid groups (broad SMARTS) is 1. The minimum atomic E-state index is -1.19. The summed E-state index contributed by atoms with van der Waals surface area (Å²) in [5.74, 6) is -2.69. The minimum absolute atomic E-state index is 0.0254. The van der Waals surface area contributed by atoms with Crippen LogP contribution in [0.2, 0.25) is 0 Å². The normalized spacial score (nSPS) is 21.8. The Balaban J connectivity index is 1.48. The van der Waals surface area contributed by atoms with Crippen LogP contribution < -0.4 is 4.57 Å². The Bertz CT molecular complexity index is 1510. The molecule has 2 aromatic heterocycles. The van der Waals surface area contributed by atoms with Gasteiger partial charge in [0.15, 0.2) is 6.54 Å². The number of non-ortho nitro benzene ring substituents is 1. The monoisotopic (exact) mass is 543 g/mol. The highest BCUT2D eigenvalue weighted by Crippen LogP contribution is 2.51. The second kappa shape index (κ2) is 9.08. The molecule has 4 atom stereocenters. The maximum absolute atomic E-state index is 12.9. The van der Waals surface area contributed by atoms with Crippen LogP contribution in [0.25, 0.3) is 10.4 Å². The number of aliphatic hydroxyl groups is 1. The number of aliphatic hydroxyl groups excluding tert-OH is 1. The van der Waals surface area contributed by atoms with Crippen molar-refractivity contribution >= 4 is 56.8 Å². The number of carbonyl (C=O) groups is 3. The number of carbonyl (C=O) groups excluding carboxylic acids is 2. The Hall–Kier alpha value is -3.55. The molecule has 5 rings (SSSR count). The van der Waals surface area contributed by atoms with E-state index in [1.54, 1.807) is 24.0 Å². The summed E-state index contributed by atoms with van der Waals surface area (Å²) in [5, 5.41) is 31.7. The minimum Gasteiger partial charge on any atom is -0.477 e. The maximum atomic E-state index is 12.9. The summed E-state index contributed by atoms with van der Waals surface area (Å²) in [5.41, 5.74) is 0.783. The SMILES string of the molecule is CSc1c2sc(C3=C(C(=O)O)N4C(=O)[C@H]([C@@H](C)O)[C@H]4[C@H]3C)cn2c[n+]1CC(=O)c1ccc([N+](=O)[O-])cc1. The lowest BCUT2D eigenvalue weighted by molar-refractivity contribution is -0.716. The highest BCUT2D eigenvalue weighted by Gasteiger charge is 2.60. The van der Waals surface area contributed by atoms with Crippen LogP contribution in [-0.4, -0.2) is 60.5 Å². The summed E-state index contributed by atoms with van der Waals surface area (Å²) in [6.45, 7) is 3.44. The molecule has 0 aliphatic carbocycles. The van der Waals surface area contributed by atoms with E-state index in [1.165, 1.54) is 52.3 Å². The first-order valence-electron chi connectivity index (χ1n) is 11.4. The van der Waals surface area contributed by atoms with E-state index in [4.69, 9.17) is 0 Å². The number of nitro benzene ring substituents is 1. The maximum Gasteiger partial charge on any atom is 0.352 e. The smallest absolute Gasteiger partial charge is 0.352 e. The second-order valence-corrected chi connectivity index (χ2v) is 10.9.